The molecule has 2 heterocycles. The van der Waals surface area contributed by atoms with Crippen LogP contribution in [0.25, 0.3) is 0 Å². The summed E-state index contributed by atoms with van der Waals surface area (Å²) in [6.45, 7) is 4.65. The van der Waals surface area contributed by atoms with E-state index in [2.05, 4.69) is 35.2 Å². The van der Waals surface area contributed by atoms with Crippen LogP contribution in [-0.4, -0.2) is 56.6 Å². The monoisotopic (exact) mass is 461 g/mol. The van der Waals surface area contributed by atoms with Gasteiger partial charge in [-0.2, -0.15) is 0 Å². The number of hydrogen-bond acceptors (Lipinski definition) is 4. The number of hydrogen-bond donors (Lipinski definition) is 0. The lowest BCUT2D eigenvalue weighted by Gasteiger charge is -2.35. The standard InChI is InChI=1S/C28H35N3O3/c1-29(20-21-10-12-23(13-11-21)30-16-18-34-19-17-30)27(32)24-7-3-4-8-25(24)28(33)31-15-14-22-6-2-5-9-26(22)31/h2,5-6,9-13,24-25H,3-4,7-8,14-20H2,1H3. The lowest BCUT2D eigenvalue weighted by atomic mass is 9.77. The van der Waals surface area contributed by atoms with E-state index in [4.69, 9.17) is 4.74 Å². The quantitative estimate of drug-likeness (QED) is 0.678. The van der Waals surface area contributed by atoms with E-state index < -0.39 is 0 Å². The van der Waals surface area contributed by atoms with Crippen molar-refractivity contribution >= 4 is 23.2 Å². The Bertz CT molecular complexity index is 1020. The molecule has 1 aliphatic carbocycles. The minimum absolute atomic E-state index is 0.0998. The maximum absolute atomic E-state index is 13.6. The normalized spacial score (nSPS) is 22.4. The highest BCUT2D eigenvalue weighted by atomic mass is 16.5. The molecule has 34 heavy (non-hydrogen) atoms. The zero-order valence-electron chi connectivity index (χ0n) is 20.1. The van der Waals surface area contributed by atoms with Crippen LogP contribution in [0.3, 0.4) is 0 Å². The molecule has 2 aliphatic heterocycles. The summed E-state index contributed by atoms with van der Waals surface area (Å²) >= 11 is 0. The van der Waals surface area contributed by atoms with Gasteiger partial charge in [-0.05, 0) is 48.6 Å². The molecule has 2 fully saturated rings. The van der Waals surface area contributed by atoms with Gasteiger partial charge >= 0.3 is 0 Å². The Morgan fingerprint density at radius 2 is 1.65 bits per heavy atom. The third-order valence-corrected chi connectivity index (χ3v) is 7.66. The molecule has 0 N–H and O–H groups in total. The molecule has 0 spiro atoms. The molecule has 2 aromatic carbocycles. The van der Waals surface area contributed by atoms with Gasteiger partial charge in [0.2, 0.25) is 11.8 Å². The zero-order chi connectivity index (χ0) is 23.5. The SMILES string of the molecule is CN(Cc1ccc(N2CCOCC2)cc1)C(=O)C1CCCCC1C(=O)N1CCc2ccccc21. The Balaban J connectivity index is 1.24. The molecular formula is C28H35N3O3. The zero-order valence-corrected chi connectivity index (χ0v) is 20.1. The van der Waals surface area contributed by atoms with E-state index in [0.29, 0.717) is 6.54 Å². The van der Waals surface area contributed by atoms with Crippen LogP contribution in [0.2, 0.25) is 0 Å². The number of para-hydroxylation sites is 1. The Kier molecular flexibility index (Phi) is 6.86. The van der Waals surface area contributed by atoms with E-state index in [0.717, 1.165) is 76.2 Å². The smallest absolute Gasteiger partial charge is 0.230 e. The van der Waals surface area contributed by atoms with E-state index in [1.54, 1.807) is 0 Å². The van der Waals surface area contributed by atoms with Gasteiger partial charge in [0.25, 0.3) is 0 Å². The number of carbonyl (C=O) groups is 2. The molecule has 2 aromatic rings. The Morgan fingerprint density at radius 3 is 2.41 bits per heavy atom. The second kappa shape index (κ2) is 10.2. The molecule has 3 aliphatic rings. The number of benzene rings is 2. The Labute approximate surface area is 202 Å². The van der Waals surface area contributed by atoms with Gasteiger partial charge in [0.05, 0.1) is 19.1 Å². The molecule has 1 saturated heterocycles. The molecule has 0 aromatic heterocycles. The molecule has 6 nitrogen and oxygen atoms in total. The Hall–Kier alpha value is -2.86. The van der Waals surface area contributed by atoms with Crippen molar-refractivity contribution in [2.45, 2.75) is 38.6 Å². The van der Waals surface area contributed by atoms with Crippen molar-refractivity contribution < 1.29 is 14.3 Å². The summed E-state index contributed by atoms with van der Waals surface area (Å²) < 4.78 is 5.44. The second-order valence-electron chi connectivity index (χ2n) is 9.83. The maximum atomic E-state index is 13.6. The van der Waals surface area contributed by atoms with Gasteiger partial charge in [0.1, 0.15) is 0 Å². The molecule has 2 unspecified atom stereocenters. The summed E-state index contributed by atoms with van der Waals surface area (Å²) in [7, 11) is 1.87. The van der Waals surface area contributed by atoms with E-state index in [1.807, 2.05) is 35.0 Å². The van der Waals surface area contributed by atoms with Crippen LogP contribution in [0.15, 0.2) is 48.5 Å². The van der Waals surface area contributed by atoms with Crippen molar-refractivity contribution in [3.63, 3.8) is 0 Å². The van der Waals surface area contributed by atoms with Crippen LogP contribution < -0.4 is 9.80 Å². The van der Waals surface area contributed by atoms with Crippen molar-refractivity contribution in [2.75, 3.05) is 49.7 Å². The molecule has 5 rings (SSSR count). The predicted molar refractivity (Wildman–Crippen MR) is 134 cm³/mol. The van der Waals surface area contributed by atoms with Gasteiger partial charge in [-0.25, -0.2) is 0 Å². The fourth-order valence-corrected chi connectivity index (χ4v) is 5.76. The van der Waals surface area contributed by atoms with Gasteiger partial charge in [0, 0.05) is 50.5 Å². The molecule has 1 saturated carbocycles. The number of carbonyl (C=O) groups excluding carboxylic acids is 2. The number of rotatable bonds is 5. The summed E-state index contributed by atoms with van der Waals surface area (Å²) in [6, 6.07) is 16.6. The third kappa shape index (κ3) is 4.69. The fraction of sp³-hybridized carbons (Fsp3) is 0.500. The number of ether oxygens (including phenoxy) is 1. The average molecular weight is 462 g/mol. The van der Waals surface area contributed by atoms with E-state index in [1.165, 1.54) is 11.3 Å². The lowest BCUT2D eigenvalue weighted by molar-refractivity contribution is -0.142. The number of nitrogens with zero attached hydrogens (tertiary/aromatic N) is 3. The second-order valence-corrected chi connectivity index (χ2v) is 9.83. The van der Waals surface area contributed by atoms with Gasteiger partial charge in [-0.15, -0.1) is 0 Å². The first kappa shape index (κ1) is 22.9. The Morgan fingerprint density at radius 1 is 0.941 bits per heavy atom. The minimum atomic E-state index is -0.230. The highest BCUT2D eigenvalue weighted by Crippen LogP contribution is 2.36. The first-order valence-corrected chi connectivity index (χ1v) is 12.7. The van der Waals surface area contributed by atoms with E-state index in [9.17, 15) is 9.59 Å². The molecule has 2 amide bonds. The van der Waals surface area contributed by atoms with Crippen LogP contribution in [0.1, 0.15) is 36.8 Å². The summed E-state index contributed by atoms with van der Waals surface area (Å²) in [5.74, 6) is -0.223. The minimum Gasteiger partial charge on any atom is -0.378 e. The van der Waals surface area contributed by atoms with Crippen molar-refractivity contribution in [1.82, 2.24) is 4.90 Å². The number of amides is 2. The predicted octanol–water partition coefficient (Wildman–Crippen LogP) is 3.88. The molecule has 0 bridgehead atoms. The molecule has 2 atom stereocenters. The molecule has 0 radical (unpaired) electrons. The van der Waals surface area contributed by atoms with Crippen LogP contribution in [0.4, 0.5) is 11.4 Å². The van der Waals surface area contributed by atoms with Crippen molar-refractivity contribution in [2.24, 2.45) is 11.8 Å². The van der Waals surface area contributed by atoms with Crippen LogP contribution in [0, 0.1) is 11.8 Å². The average Bonchev–Trinajstić information content (AvgIpc) is 3.33. The van der Waals surface area contributed by atoms with Gasteiger partial charge in [-0.3, -0.25) is 9.59 Å². The number of morpholine rings is 1. The molecule has 6 heteroatoms. The van der Waals surface area contributed by atoms with E-state index >= 15 is 0 Å². The first-order valence-electron chi connectivity index (χ1n) is 12.7. The molecule has 180 valence electrons. The maximum Gasteiger partial charge on any atom is 0.230 e. The van der Waals surface area contributed by atoms with E-state index in [-0.39, 0.29) is 23.7 Å². The van der Waals surface area contributed by atoms with Gasteiger partial charge in [-0.1, -0.05) is 43.2 Å². The first-order chi connectivity index (χ1) is 16.6. The number of anilines is 2. The highest BCUT2D eigenvalue weighted by Gasteiger charge is 2.40. The third-order valence-electron chi connectivity index (χ3n) is 7.66. The van der Waals surface area contributed by atoms with Crippen molar-refractivity contribution in [3.05, 3.63) is 59.7 Å². The van der Waals surface area contributed by atoms with Crippen LogP contribution >= 0.6 is 0 Å². The summed E-state index contributed by atoms with van der Waals surface area (Å²) in [5, 5.41) is 0. The van der Waals surface area contributed by atoms with Crippen molar-refractivity contribution in [1.29, 1.82) is 0 Å². The summed E-state index contributed by atoms with van der Waals surface area (Å²) in [6.07, 6.45) is 4.52. The summed E-state index contributed by atoms with van der Waals surface area (Å²) in [5.41, 5.74) is 4.56. The lowest BCUT2D eigenvalue weighted by Crippen LogP contribution is -2.45. The summed E-state index contributed by atoms with van der Waals surface area (Å²) in [4.78, 5) is 33.2. The number of fused-ring (bicyclic) bond motifs is 1. The molecular weight excluding hydrogens is 426 g/mol. The fourth-order valence-electron chi connectivity index (χ4n) is 5.76. The van der Waals surface area contributed by atoms with Gasteiger partial charge in [0.15, 0.2) is 0 Å². The van der Waals surface area contributed by atoms with Crippen LogP contribution in [0.5, 0.6) is 0 Å². The van der Waals surface area contributed by atoms with Crippen molar-refractivity contribution in [3.8, 4) is 0 Å². The van der Waals surface area contributed by atoms with Crippen LogP contribution in [-0.2, 0) is 27.3 Å². The topological polar surface area (TPSA) is 53.1 Å². The van der Waals surface area contributed by atoms with Gasteiger partial charge < -0.3 is 19.4 Å². The highest BCUT2D eigenvalue weighted by molar-refractivity contribution is 5.99. The largest absolute Gasteiger partial charge is 0.378 e.